The average Bonchev–Trinajstić information content (AvgIpc) is 3.39. The summed E-state index contributed by atoms with van der Waals surface area (Å²) in [5, 5.41) is 4.71. The molecular formula is C22H22N4O2. The number of aromatic nitrogens is 2. The maximum Gasteiger partial charge on any atom is 0.145 e. The van der Waals surface area contributed by atoms with Crippen LogP contribution in [0.4, 0.5) is 0 Å². The predicted molar refractivity (Wildman–Crippen MR) is 109 cm³/mol. The highest BCUT2D eigenvalue weighted by Crippen LogP contribution is 2.25. The maximum absolute atomic E-state index is 6.02. The van der Waals surface area contributed by atoms with Crippen LogP contribution >= 0.6 is 0 Å². The molecule has 2 aliphatic rings. The Labute approximate surface area is 163 Å². The molecular weight excluding hydrogens is 352 g/mol. The highest BCUT2D eigenvalue weighted by molar-refractivity contribution is 5.89. The smallest absolute Gasteiger partial charge is 0.145 e. The van der Waals surface area contributed by atoms with Gasteiger partial charge >= 0.3 is 0 Å². The van der Waals surface area contributed by atoms with Crippen molar-refractivity contribution in [2.24, 2.45) is 4.99 Å². The van der Waals surface area contributed by atoms with E-state index in [2.05, 4.69) is 34.2 Å². The van der Waals surface area contributed by atoms with Crippen LogP contribution in [-0.2, 0) is 11.3 Å². The molecule has 0 spiro atoms. The molecule has 0 amide bonds. The summed E-state index contributed by atoms with van der Waals surface area (Å²) < 4.78 is 13.3. The lowest BCUT2D eigenvalue weighted by atomic mass is 10.1. The van der Waals surface area contributed by atoms with Crippen LogP contribution < -0.4 is 4.74 Å². The van der Waals surface area contributed by atoms with Crippen LogP contribution in [0.5, 0.6) is 11.5 Å². The number of nitrogens with zero attached hydrogens (tertiary/aromatic N) is 4. The minimum atomic E-state index is 0.753. The van der Waals surface area contributed by atoms with Gasteiger partial charge in [0.1, 0.15) is 11.5 Å². The van der Waals surface area contributed by atoms with E-state index in [0.717, 1.165) is 62.1 Å². The number of hydrogen-bond acceptors (Lipinski definition) is 5. The zero-order chi connectivity index (χ0) is 18.8. The number of hydrogen-bond donors (Lipinski definition) is 0. The fraction of sp³-hybridized carbons (Fsp3) is 0.273. The number of rotatable bonds is 5. The Bertz CT molecular complexity index is 1030. The first-order valence-electron chi connectivity index (χ1n) is 9.59. The highest BCUT2D eigenvalue weighted by atomic mass is 16.5. The molecule has 2 aromatic heterocycles. The van der Waals surface area contributed by atoms with Gasteiger partial charge in [-0.25, -0.2) is 4.52 Å². The molecule has 0 aliphatic carbocycles. The van der Waals surface area contributed by atoms with E-state index in [0.29, 0.717) is 0 Å². The van der Waals surface area contributed by atoms with E-state index in [-0.39, 0.29) is 0 Å². The quantitative estimate of drug-likeness (QED) is 0.687. The van der Waals surface area contributed by atoms with Crippen molar-refractivity contribution in [3.8, 4) is 11.5 Å². The van der Waals surface area contributed by atoms with Crippen LogP contribution in [-0.4, -0.2) is 53.6 Å². The molecule has 1 saturated heterocycles. The standard InChI is InChI=1S/C22H22N4O2/c1-4-21(5-2-17(1)18-7-8-23-14-18)28-22-6-3-20-13-19(24-26(20)16-22)15-25-9-11-27-12-10-25/h1-8,13,16H,9-12,14-15H2. The Morgan fingerprint density at radius 2 is 1.82 bits per heavy atom. The first kappa shape index (κ1) is 17.2. The minimum absolute atomic E-state index is 0.753. The summed E-state index contributed by atoms with van der Waals surface area (Å²) >= 11 is 0. The Morgan fingerprint density at radius 3 is 2.61 bits per heavy atom. The summed E-state index contributed by atoms with van der Waals surface area (Å²) in [6.07, 6.45) is 5.84. The molecule has 4 heterocycles. The number of pyridine rings is 1. The Kier molecular flexibility index (Phi) is 4.64. The molecule has 0 atom stereocenters. The van der Waals surface area contributed by atoms with Crippen LogP contribution in [0.1, 0.15) is 11.3 Å². The van der Waals surface area contributed by atoms with Gasteiger partial charge in [0.15, 0.2) is 0 Å². The third-order valence-corrected chi connectivity index (χ3v) is 5.08. The van der Waals surface area contributed by atoms with Gasteiger partial charge in [0.05, 0.1) is 37.2 Å². The van der Waals surface area contributed by atoms with Crippen molar-refractivity contribution in [1.29, 1.82) is 0 Å². The van der Waals surface area contributed by atoms with Gasteiger partial charge in [0, 0.05) is 25.8 Å². The molecule has 0 bridgehead atoms. The summed E-state index contributed by atoms with van der Waals surface area (Å²) in [6.45, 7) is 5.12. The Hall–Kier alpha value is -2.96. The largest absolute Gasteiger partial charge is 0.456 e. The second-order valence-electron chi connectivity index (χ2n) is 7.07. The number of allylic oxidation sites excluding steroid dienone is 1. The second kappa shape index (κ2) is 7.58. The first-order valence-corrected chi connectivity index (χ1v) is 9.59. The zero-order valence-corrected chi connectivity index (χ0v) is 15.6. The van der Waals surface area contributed by atoms with Crippen LogP contribution in [0, 0.1) is 0 Å². The molecule has 0 radical (unpaired) electrons. The lowest BCUT2D eigenvalue weighted by Gasteiger charge is -2.25. The van der Waals surface area contributed by atoms with Crippen LogP contribution in [0.2, 0.25) is 0 Å². The van der Waals surface area contributed by atoms with E-state index < -0.39 is 0 Å². The number of aliphatic imine (C=N–C) groups is 1. The van der Waals surface area contributed by atoms with E-state index in [9.17, 15) is 0 Å². The van der Waals surface area contributed by atoms with Gasteiger partial charge in [-0.15, -0.1) is 0 Å². The van der Waals surface area contributed by atoms with Crippen molar-refractivity contribution in [3.05, 3.63) is 66.0 Å². The van der Waals surface area contributed by atoms with Gasteiger partial charge in [-0.05, 0) is 47.5 Å². The molecule has 6 heteroatoms. The van der Waals surface area contributed by atoms with Crippen LogP contribution in [0.15, 0.2) is 59.7 Å². The molecule has 28 heavy (non-hydrogen) atoms. The molecule has 1 aromatic carbocycles. The van der Waals surface area contributed by atoms with E-state index >= 15 is 0 Å². The van der Waals surface area contributed by atoms with E-state index in [1.165, 1.54) is 11.1 Å². The van der Waals surface area contributed by atoms with E-state index in [1.54, 1.807) is 0 Å². The molecule has 6 nitrogen and oxygen atoms in total. The number of morpholine rings is 1. The molecule has 142 valence electrons. The molecule has 3 aromatic rings. The lowest BCUT2D eigenvalue weighted by molar-refractivity contribution is 0.0336. The van der Waals surface area contributed by atoms with Crippen molar-refractivity contribution in [3.63, 3.8) is 0 Å². The summed E-state index contributed by atoms with van der Waals surface area (Å²) in [7, 11) is 0. The molecule has 1 fully saturated rings. The minimum Gasteiger partial charge on any atom is -0.456 e. The van der Waals surface area contributed by atoms with Gasteiger partial charge in [-0.1, -0.05) is 12.1 Å². The van der Waals surface area contributed by atoms with Crippen LogP contribution in [0.25, 0.3) is 11.1 Å². The fourth-order valence-electron chi connectivity index (χ4n) is 3.55. The predicted octanol–water partition coefficient (Wildman–Crippen LogP) is 3.43. The van der Waals surface area contributed by atoms with Crippen molar-refractivity contribution >= 4 is 17.3 Å². The third-order valence-electron chi connectivity index (χ3n) is 5.08. The summed E-state index contributed by atoms with van der Waals surface area (Å²) in [6, 6.07) is 14.3. The molecule has 2 aliphatic heterocycles. The van der Waals surface area contributed by atoms with Crippen molar-refractivity contribution < 1.29 is 9.47 Å². The lowest BCUT2D eigenvalue weighted by Crippen LogP contribution is -2.35. The van der Waals surface area contributed by atoms with Gasteiger partial charge < -0.3 is 9.47 Å². The summed E-state index contributed by atoms with van der Waals surface area (Å²) in [4.78, 5) is 6.60. The third kappa shape index (κ3) is 3.69. The summed E-state index contributed by atoms with van der Waals surface area (Å²) in [5.41, 5.74) is 4.55. The van der Waals surface area contributed by atoms with E-state index in [4.69, 9.17) is 14.6 Å². The average molecular weight is 374 g/mol. The first-order chi connectivity index (χ1) is 13.8. The van der Waals surface area contributed by atoms with Gasteiger partial charge in [-0.2, -0.15) is 5.10 Å². The van der Waals surface area contributed by atoms with Gasteiger partial charge in [0.2, 0.25) is 0 Å². The SMILES string of the molecule is C1=NCC(c2ccc(Oc3ccc4cc(CN5CCOCC5)nn4c3)cc2)=C1. The zero-order valence-electron chi connectivity index (χ0n) is 15.6. The fourth-order valence-corrected chi connectivity index (χ4v) is 3.55. The Morgan fingerprint density at radius 1 is 1.00 bits per heavy atom. The molecule has 0 saturated carbocycles. The second-order valence-corrected chi connectivity index (χ2v) is 7.07. The molecule has 0 unspecified atom stereocenters. The van der Waals surface area contributed by atoms with Crippen molar-refractivity contribution in [1.82, 2.24) is 14.5 Å². The maximum atomic E-state index is 6.02. The number of ether oxygens (including phenoxy) is 2. The van der Waals surface area contributed by atoms with E-state index in [1.807, 2.05) is 41.2 Å². The summed E-state index contributed by atoms with van der Waals surface area (Å²) in [5.74, 6) is 1.58. The van der Waals surface area contributed by atoms with Crippen LogP contribution in [0.3, 0.4) is 0 Å². The number of benzene rings is 1. The molecule has 5 rings (SSSR count). The normalized spacial score (nSPS) is 17.2. The van der Waals surface area contributed by atoms with Crippen molar-refractivity contribution in [2.75, 3.05) is 32.8 Å². The Balaban J connectivity index is 1.29. The molecule has 0 N–H and O–H groups in total. The highest BCUT2D eigenvalue weighted by Gasteiger charge is 2.13. The topological polar surface area (TPSA) is 51.4 Å². The monoisotopic (exact) mass is 374 g/mol. The van der Waals surface area contributed by atoms with Gasteiger partial charge in [-0.3, -0.25) is 9.89 Å². The van der Waals surface area contributed by atoms with Crippen molar-refractivity contribution in [2.45, 2.75) is 6.54 Å². The van der Waals surface area contributed by atoms with Gasteiger partial charge in [0.25, 0.3) is 0 Å². The number of fused-ring (bicyclic) bond motifs is 1.